The van der Waals surface area contributed by atoms with Crippen molar-refractivity contribution >= 4 is 23.3 Å². The van der Waals surface area contributed by atoms with E-state index in [1.165, 1.54) is 24.3 Å². The number of carbonyl (C=O) groups excluding carboxylic acids is 2. The first kappa shape index (κ1) is 21.6. The van der Waals surface area contributed by atoms with Gasteiger partial charge in [0.25, 0.3) is 5.91 Å². The molecule has 0 saturated carbocycles. The molecule has 2 amide bonds. The number of hydrogen-bond donors (Lipinski definition) is 1. The summed E-state index contributed by atoms with van der Waals surface area (Å²) in [4.78, 5) is 26.6. The molecule has 0 spiro atoms. The number of nitrogens with zero attached hydrogens (tertiary/aromatic N) is 3. The molecule has 3 aromatic rings. The molecule has 1 N–H and O–H groups in total. The van der Waals surface area contributed by atoms with Gasteiger partial charge in [0.15, 0.2) is 0 Å². The van der Waals surface area contributed by atoms with E-state index in [2.05, 4.69) is 10.4 Å². The number of carbonyl (C=O) groups is 2. The average Bonchev–Trinajstić information content (AvgIpc) is 3.13. The minimum atomic E-state index is -4.57. The molecule has 1 aliphatic heterocycles. The molecule has 9 heteroatoms. The van der Waals surface area contributed by atoms with E-state index in [9.17, 15) is 22.8 Å². The molecule has 2 heterocycles. The lowest BCUT2D eigenvalue weighted by Crippen LogP contribution is -2.35. The van der Waals surface area contributed by atoms with E-state index in [0.29, 0.717) is 29.9 Å². The lowest BCUT2D eigenvalue weighted by Gasteiger charge is -2.26. The van der Waals surface area contributed by atoms with Gasteiger partial charge in [0.05, 0.1) is 16.9 Å². The number of piperidine rings is 1. The number of aromatic nitrogens is 2. The Balaban J connectivity index is 1.59. The Kier molecular flexibility index (Phi) is 5.73. The Bertz CT molecular complexity index is 1150. The van der Waals surface area contributed by atoms with Gasteiger partial charge < -0.3 is 10.2 Å². The maximum Gasteiger partial charge on any atom is 0.418 e. The number of para-hydroxylation sites is 1. The van der Waals surface area contributed by atoms with Crippen LogP contribution in [0.2, 0.25) is 0 Å². The van der Waals surface area contributed by atoms with E-state index in [1.54, 1.807) is 36.1 Å². The number of halogens is 3. The summed E-state index contributed by atoms with van der Waals surface area (Å²) in [5, 5.41) is 6.79. The standard InChI is InChI=1S/C23H21F3N4O2/c1-15-14-20(30(28-15)19-7-3-2-6-18(19)23(24,25)26)27-22(32)16-9-11-17(12-10-16)29-13-5-4-8-21(29)31/h2-3,6-7,9-12,14H,4-5,8,13H2,1H3,(H,27,32). The van der Waals surface area contributed by atoms with E-state index in [4.69, 9.17) is 0 Å². The molecule has 2 aromatic carbocycles. The third-order valence-corrected chi connectivity index (χ3v) is 5.28. The molecule has 4 rings (SSSR count). The fraction of sp³-hybridized carbons (Fsp3) is 0.261. The number of nitrogens with one attached hydrogen (secondary N) is 1. The van der Waals surface area contributed by atoms with Gasteiger partial charge >= 0.3 is 6.18 Å². The summed E-state index contributed by atoms with van der Waals surface area (Å²) in [6.45, 7) is 2.27. The number of aryl methyl sites for hydroxylation is 1. The average molecular weight is 442 g/mol. The van der Waals surface area contributed by atoms with Crippen LogP contribution in [-0.2, 0) is 11.0 Å². The number of alkyl halides is 3. The van der Waals surface area contributed by atoms with Crippen LogP contribution in [0.4, 0.5) is 24.7 Å². The molecular weight excluding hydrogens is 421 g/mol. The summed E-state index contributed by atoms with van der Waals surface area (Å²) in [6, 6.07) is 13.1. The van der Waals surface area contributed by atoms with Crippen molar-refractivity contribution in [1.82, 2.24) is 9.78 Å². The van der Waals surface area contributed by atoms with E-state index in [-0.39, 0.29) is 17.4 Å². The second-order valence-electron chi connectivity index (χ2n) is 7.60. The molecule has 0 unspecified atom stereocenters. The summed E-state index contributed by atoms with van der Waals surface area (Å²) in [7, 11) is 0. The molecule has 6 nitrogen and oxygen atoms in total. The topological polar surface area (TPSA) is 67.2 Å². The zero-order chi connectivity index (χ0) is 22.9. The Hall–Kier alpha value is -3.62. The van der Waals surface area contributed by atoms with Gasteiger partial charge in [-0.15, -0.1) is 0 Å². The van der Waals surface area contributed by atoms with Gasteiger partial charge in [-0.05, 0) is 56.2 Å². The highest BCUT2D eigenvalue weighted by Gasteiger charge is 2.34. The Morgan fingerprint density at radius 2 is 1.78 bits per heavy atom. The van der Waals surface area contributed by atoms with Gasteiger partial charge in [-0.3, -0.25) is 9.59 Å². The van der Waals surface area contributed by atoms with Crippen LogP contribution < -0.4 is 10.2 Å². The summed E-state index contributed by atoms with van der Waals surface area (Å²) >= 11 is 0. The minimum absolute atomic E-state index is 0.0520. The van der Waals surface area contributed by atoms with Crippen molar-refractivity contribution in [3.05, 3.63) is 71.4 Å². The third-order valence-electron chi connectivity index (χ3n) is 5.28. The predicted octanol–water partition coefficient (Wildman–Crippen LogP) is 4.97. The smallest absolute Gasteiger partial charge is 0.312 e. The zero-order valence-corrected chi connectivity index (χ0v) is 17.3. The van der Waals surface area contributed by atoms with Gasteiger partial charge in [-0.2, -0.15) is 18.3 Å². The highest BCUT2D eigenvalue weighted by atomic mass is 19.4. The highest BCUT2D eigenvalue weighted by molar-refractivity contribution is 6.04. The first-order chi connectivity index (χ1) is 15.2. The van der Waals surface area contributed by atoms with Crippen LogP contribution in [0.25, 0.3) is 5.69 Å². The first-order valence-corrected chi connectivity index (χ1v) is 10.2. The van der Waals surface area contributed by atoms with E-state index >= 15 is 0 Å². The molecule has 0 bridgehead atoms. The van der Waals surface area contributed by atoms with Crippen molar-refractivity contribution in [2.45, 2.75) is 32.4 Å². The Morgan fingerprint density at radius 1 is 1.06 bits per heavy atom. The molecule has 1 aromatic heterocycles. The number of rotatable bonds is 4. The van der Waals surface area contributed by atoms with Gasteiger partial charge in [0.1, 0.15) is 5.82 Å². The quantitative estimate of drug-likeness (QED) is 0.621. The largest absolute Gasteiger partial charge is 0.418 e. The van der Waals surface area contributed by atoms with E-state index in [0.717, 1.165) is 23.6 Å². The summed E-state index contributed by atoms with van der Waals surface area (Å²) in [5.74, 6) is -0.317. The Labute approximate surface area is 182 Å². The van der Waals surface area contributed by atoms with Gasteiger partial charge in [-0.25, -0.2) is 4.68 Å². The van der Waals surface area contributed by atoms with Crippen molar-refractivity contribution < 1.29 is 22.8 Å². The predicted molar refractivity (Wildman–Crippen MR) is 114 cm³/mol. The highest BCUT2D eigenvalue weighted by Crippen LogP contribution is 2.34. The fourth-order valence-electron chi connectivity index (χ4n) is 3.73. The summed E-state index contributed by atoms with van der Waals surface area (Å²) in [6.07, 6.45) is -2.26. The molecular formula is C23H21F3N4O2. The van der Waals surface area contributed by atoms with E-state index < -0.39 is 17.6 Å². The summed E-state index contributed by atoms with van der Waals surface area (Å²) < 4.78 is 41.5. The molecule has 1 fully saturated rings. The van der Waals surface area contributed by atoms with Crippen LogP contribution in [0.5, 0.6) is 0 Å². The molecule has 166 valence electrons. The first-order valence-electron chi connectivity index (χ1n) is 10.2. The molecule has 1 saturated heterocycles. The third kappa shape index (κ3) is 4.37. The van der Waals surface area contributed by atoms with Crippen molar-refractivity contribution in [3.63, 3.8) is 0 Å². The normalized spacial score (nSPS) is 14.5. The molecule has 32 heavy (non-hydrogen) atoms. The minimum Gasteiger partial charge on any atom is -0.312 e. The van der Waals surface area contributed by atoms with E-state index in [1.807, 2.05) is 0 Å². The zero-order valence-electron chi connectivity index (χ0n) is 17.3. The summed E-state index contributed by atoms with van der Waals surface area (Å²) in [5.41, 5.74) is 0.451. The lowest BCUT2D eigenvalue weighted by atomic mass is 10.1. The number of hydrogen-bond acceptors (Lipinski definition) is 3. The van der Waals surface area contributed by atoms with Crippen LogP contribution in [0, 0.1) is 6.92 Å². The van der Waals surface area contributed by atoms with Crippen molar-refractivity contribution in [3.8, 4) is 5.69 Å². The van der Waals surface area contributed by atoms with Crippen molar-refractivity contribution in [2.24, 2.45) is 0 Å². The van der Waals surface area contributed by atoms with Crippen LogP contribution in [0.15, 0.2) is 54.6 Å². The second kappa shape index (κ2) is 8.49. The lowest BCUT2D eigenvalue weighted by molar-refractivity contribution is -0.137. The maximum atomic E-state index is 13.5. The SMILES string of the molecule is Cc1cc(NC(=O)c2ccc(N3CCCCC3=O)cc2)n(-c2ccccc2C(F)(F)F)n1. The Morgan fingerprint density at radius 3 is 2.47 bits per heavy atom. The van der Waals surface area contributed by atoms with Crippen LogP contribution >= 0.6 is 0 Å². The number of amides is 2. The molecule has 0 aliphatic carbocycles. The van der Waals surface area contributed by atoms with Gasteiger partial charge in [0, 0.05) is 30.3 Å². The van der Waals surface area contributed by atoms with Crippen molar-refractivity contribution in [2.75, 3.05) is 16.8 Å². The van der Waals surface area contributed by atoms with Crippen LogP contribution in [0.1, 0.15) is 40.9 Å². The second-order valence-corrected chi connectivity index (χ2v) is 7.60. The molecule has 0 atom stereocenters. The monoisotopic (exact) mass is 442 g/mol. The van der Waals surface area contributed by atoms with Crippen molar-refractivity contribution in [1.29, 1.82) is 0 Å². The van der Waals surface area contributed by atoms with Gasteiger partial charge in [-0.1, -0.05) is 12.1 Å². The van der Waals surface area contributed by atoms with Gasteiger partial charge in [0.2, 0.25) is 5.91 Å². The molecule has 1 aliphatic rings. The number of anilines is 2. The maximum absolute atomic E-state index is 13.5. The van der Waals surface area contributed by atoms with Crippen LogP contribution in [0.3, 0.4) is 0 Å². The fourth-order valence-corrected chi connectivity index (χ4v) is 3.73. The molecule has 0 radical (unpaired) electrons. The number of benzene rings is 2. The van der Waals surface area contributed by atoms with Crippen LogP contribution in [-0.4, -0.2) is 28.1 Å².